The van der Waals surface area contributed by atoms with Gasteiger partial charge in [-0.05, 0) is 38.1 Å². The molecule has 0 bridgehead atoms. The Hall–Kier alpha value is -1.61. The summed E-state index contributed by atoms with van der Waals surface area (Å²) >= 11 is 0. The first-order chi connectivity index (χ1) is 9.90. The zero-order chi connectivity index (χ0) is 14.0. The summed E-state index contributed by atoms with van der Waals surface area (Å²) in [5.41, 5.74) is 1.02. The Labute approximate surface area is 121 Å². The van der Waals surface area contributed by atoms with E-state index in [2.05, 4.69) is 29.4 Å². The minimum Gasteiger partial charge on any atom is -0.492 e. The first-order valence-electron chi connectivity index (χ1n) is 7.58. The average Bonchev–Trinajstić information content (AvgIpc) is 2.50. The Kier molecular flexibility index (Phi) is 6.32. The van der Waals surface area contributed by atoms with Gasteiger partial charge in [0, 0.05) is 5.39 Å². The van der Waals surface area contributed by atoms with Crippen molar-refractivity contribution in [2.45, 2.75) is 32.6 Å². The molecule has 0 aliphatic rings. The molecule has 0 aliphatic carbocycles. The third-order valence-electron chi connectivity index (χ3n) is 3.33. The Bertz CT molecular complexity index is 513. The van der Waals surface area contributed by atoms with Crippen LogP contribution in [0.1, 0.15) is 32.6 Å². The van der Waals surface area contributed by atoms with Crippen LogP contribution < -0.4 is 10.1 Å². The highest BCUT2D eigenvalue weighted by molar-refractivity contribution is 5.79. The summed E-state index contributed by atoms with van der Waals surface area (Å²) in [6, 6.07) is 10.2. The number of fused-ring (bicyclic) bond motifs is 1. The van der Waals surface area contributed by atoms with Gasteiger partial charge in [0.05, 0.1) is 18.3 Å². The molecular formula is C17H24N2O. The SMILES string of the molecule is CCNCCCCCCOc1cnc2ccccc2c1. The predicted octanol–water partition coefficient (Wildman–Crippen LogP) is 3.78. The summed E-state index contributed by atoms with van der Waals surface area (Å²) in [5.74, 6) is 0.872. The van der Waals surface area contributed by atoms with Crippen molar-refractivity contribution < 1.29 is 4.74 Å². The zero-order valence-electron chi connectivity index (χ0n) is 12.3. The van der Waals surface area contributed by atoms with E-state index in [1.807, 2.05) is 24.4 Å². The van der Waals surface area contributed by atoms with Crippen molar-refractivity contribution in [3.05, 3.63) is 36.5 Å². The molecule has 0 atom stereocenters. The second-order valence-electron chi connectivity index (χ2n) is 4.98. The van der Waals surface area contributed by atoms with Gasteiger partial charge in [-0.3, -0.25) is 4.98 Å². The smallest absolute Gasteiger partial charge is 0.138 e. The van der Waals surface area contributed by atoms with Gasteiger partial charge in [0.1, 0.15) is 5.75 Å². The quantitative estimate of drug-likeness (QED) is 0.705. The van der Waals surface area contributed by atoms with Crippen LogP contribution in [0, 0.1) is 0 Å². The van der Waals surface area contributed by atoms with E-state index in [0.717, 1.165) is 42.8 Å². The summed E-state index contributed by atoms with van der Waals surface area (Å²) in [6.07, 6.45) is 6.68. The zero-order valence-corrected chi connectivity index (χ0v) is 12.3. The second-order valence-corrected chi connectivity index (χ2v) is 4.98. The van der Waals surface area contributed by atoms with Crippen LogP contribution in [0.5, 0.6) is 5.75 Å². The van der Waals surface area contributed by atoms with E-state index in [0.29, 0.717) is 0 Å². The predicted molar refractivity (Wildman–Crippen MR) is 84.2 cm³/mol. The number of ether oxygens (including phenoxy) is 1. The number of aromatic nitrogens is 1. The Balaban J connectivity index is 1.65. The van der Waals surface area contributed by atoms with E-state index in [1.54, 1.807) is 0 Å². The molecule has 1 aromatic heterocycles. The van der Waals surface area contributed by atoms with Gasteiger partial charge >= 0.3 is 0 Å². The number of hydrogen-bond donors (Lipinski definition) is 1. The fourth-order valence-electron chi connectivity index (χ4n) is 2.20. The molecule has 0 spiro atoms. The van der Waals surface area contributed by atoms with Gasteiger partial charge in [-0.2, -0.15) is 0 Å². The van der Waals surface area contributed by atoms with Crippen LogP contribution >= 0.6 is 0 Å². The summed E-state index contributed by atoms with van der Waals surface area (Å²) < 4.78 is 5.76. The lowest BCUT2D eigenvalue weighted by atomic mass is 10.2. The Morgan fingerprint density at radius 2 is 1.95 bits per heavy atom. The second kappa shape index (κ2) is 8.54. The van der Waals surface area contributed by atoms with E-state index < -0.39 is 0 Å². The molecule has 1 heterocycles. The third kappa shape index (κ3) is 4.82. The monoisotopic (exact) mass is 272 g/mol. The first-order valence-corrected chi connectivity index (χ1v) is 7.58. The molecule has 108 valence electrons. The Morgan fingerprint density at radius 1 is 1.10 bits per heavy atom. The summed E-state index contributed by atoms with van der Waals surface area (Å²) in [7, 11) is 0. The molecule has 0 radical (unpaired) electrons. The normalized spacial score (nSPS) is 10.8. The Morgan fingerprint density at radius 3 is 2.85 bits per heavy atom. The molecule has 0 saturated carbocycles. The number of nitrogens with one attached hydrogen (secondary N) is 1. The van der Waals surface area contributed by atoms with Crippen LogP contribution in [-0.4, -0.2) is 24.7 Å². The number of nitrogens with zero attached hydrogens (tertiary/aromatic N) is 1. The largest absolute Gasteiger partial charge is 0.492 e. The molecule has 0 unspecified atom stereocenters. The van der Waals surface area contributed by atoms with Crippen molar-refractivity contribution in [1.29, 1.82) is 0 Å². The first kappa shape index (κ1) is 14.8. The molecule has 2 rings (SSSR count). The van der Waals surface area contributed by atoms with Crippen LogP contribution in [0.2, 0.25) is 0 Å². The maximum absolute atomic E-state index is 5.76. The fraction of sp³-hybridized carbons (Fsp3) is 0.471. The van der Waals surface area contributed by atoms with Crippen LogP contribution in [0.3, 0.4) is 0 Å². The van der Waals surface area contributed by atoms with E-state index in [4.69, 9.17) is 4.74 Å². The summed E-state index contributed by atoms with van der Waals surface area (Å²) in [4.78, 5) is 4.40. The van der Waals surface area contributed by atoms with Crippen LogP contribution in [0.4, 0.5) is 0 Å². The topological polar surface area (TPSA) is 34.1 Å². The van der Waals surface area contributed by atoms with Crippen molar-refractivity contribution in [1.82, 2.24) is 10.3 Å². The van der Waals surface area contributed by atoms with Crippen molar-refractivity contribution >= 4 is 10.9 Å². The number of rotatable bonds is 9. The standard InChI is InChI=1S/C17H24N2O/c1-2-18-11-7-3-4-8-12-20-16-13-15-9-5-6-10-17(15)19-14-16/h5-6,9-10,13-14,18H,2-4,7-8,11-12H2,1H3. The van der Waals surface area contributed by atoms with E-state index in [-0.39, 0.29) is 0 Å². The van der Waals surface area contributed by atoms with Crippen molar-refractivity contribution in [3.8, 4) is 5.75 Å². The maximum Gasteiger partial charge on any atom is 0.138 e. The van der Waals surface area contributed by atoms with Crippen LogP contribution in [0.25, 0.3) is 10.9 Å². The minimum atomic E-state index is 0.779. The molecule has 0 aliphatic heterocycles. The van der Waals surface area contributed by atoms with Gasteiger partial charge in [0.15, 0.2) is 0 Å². The molecule has 1 N–H and O–H groups in total. The van der Waals surface area contributed by atoms with Crippen LogP contribution in [-0.2, 0) is 0 Å². The molecule has 3 heteroatoms. The lowest BCUT2D eigenvalue weighted by Gasteiger charge is -2.07. The molecule has 0 saturated heterocycles. The van der Waals surface area contributed by atoms with Gasteiger partial charge in [0.2, 0.25) is 0 Å². The highest BCUT2D eigenvalue weighted by atomic mass is 16.5. The average molecular weight is 272 g/mol. The van der Waals surface area contributed by atoms with Crippen LogP contribution in [0.15, 0.2) is 36.5 Å². The number of unbranched alkanes of at least 4 members (excludes halogenated alkanes) is 3. The molecule has 20 heavy (non-hydrogen) atoms. The molecule has 1 aromatic carbocycles. The minimum absolute atomic E-state index is 0.779. The number of benzene rings is 1. The maximum atomic E-state index is 5.76. The summed E-state index contributed by atoms with van der Waals surface area (Å²) in [6.45, 7) is 5.12. The van der Waals surface area contributed by atoms with E-state index in [1.165, 1.54) is 19.3 Å². The van der Waals surface area contributed by atoms with Gasteiger partial charge in [-0.15, -0.1) is 0 Å². The number of pyridine rings is 1. The van der Waals surface area contributed by atoms with E-state index >= 15 is 0 Å². The third-order valence-corrected chi connectivity index (χ3v) is 3.33. The highest BCUT2D eigenvalue weighted by Crippen LogP contribution is 2.18. The molecular weight excluding hydrogens is 248 g/mol. The summed E-state index contributed by atoms with van der Waals surface area (Å²) in [5, 5.41) is 4.48. The lowest BCUT2D eigenvalue weighted by Crippen LogP contribution is -2.13. The molecule has 2 aromatic rings. The number of para-hydroxylation sites is 1. The van der Waals surface area contributed by atoms with Crippen molar-refractivity contribution in [2.75, 3.05) is 19.7 Å². The molecule has 0 fully saturated rings. The highest BCUT2D eigenvalue weighted by Gasteiger charge is 1.98. The van der Waals surface area contributed by atoms with Crippen molar-refractivity contribution in [3.63, 3.8) is 0 Å². The van der Waals surface area contributed by atoms with Crippen molar-refractivity contribution in [2.24, 2.45) is 0 Å². The fourth-order valence-corrected chi connectivity index (χ4v) is 2.20. The van der Waals surface area contributed by atoms with Gasteiger partial charge < -0.3 is 10.1 Å². The lowest BCUT2D eigenvalue weighted by molar-refractivity contribution is 0.304. The molecule has 0 amide bonds. The van der Waals surface area contributed by atoms with Gasteiger partial charge in [-0.25, -0.2) is 0 Å². The van der Waals surface area contributed by atoms with Gasteiger partial charge in [-0.1, -0.05) is 38.0 Å². The van der Waals surface area contributed by atoms with E-state index in [9.17, 15) is 0 Å². The molecule has 3 nitrogen and oxygen atoms in total. The van der Waals surface area contributed by atoms with Gasteiger partial charge in [0.25, 0.3) is 0 Å². The number of hydrogen-bond acceptors (Lipinski definition) is 3.